The molecule has 0 amide bonds. The van der Waals surface area contributed by atoms with Crippen LogP contribution in [-0.4, -0.2) is 12.6 Å². The van der Waals surface area contributed by atoms with Crippen LogP contribution in [0.2, 0.25) is 0 Å². The topological polar surface area (TPSA) is 12.0 Å². The smallest absolute Gasteiger partial charge is 0.0175 e. The van der Waals surface area contributed by atoms with E-state index >= 15 is 0 Å². The molecule has 0 aliphatic carbocycles. The quantitative estimate of drug-likeness (QED) is 0.849. The number of halogens is 1. The molecule has 1 nitrogen and oxygen atoms in total. The minimum absolute atomic E-state index is 0.294. The summed E-state index contributed by atoms with van der Waals surface area (Å²) < 4.78 is 1.15. The molecule has 1 N–H and O–H groups in total. The second kappa shape index (κ2) is 6.55. The first kappa shape index (κ1) is 14.7. The van der Waals surface area contributed by atoms with Crippen molar-refractivity contribution >= 4 is 15.9 Å². The molecule has 1 atom stereocenters. The Balaban J connectivity index is 2.68. The maximum Gasteiger partial charge on any atom is 0.0175 e. The fourth-order valence-electron chi connectivity index (χ4n) is 1.86. The molecule has 0 spiro atoms. The van der Waals surface area contributed by atoms with Crippen LogP contribution in [0.25, 0.3) is 0 Å². The van der Waals surface area contributed by atoms with Crippen molar-refractivity contribution in [2.75, 3.05) is 6.54 Å². The largest absolute Gasteiger partial charge is 0.313 e. The van der Waals surface area contributed by atoms with E-state index in [4.69, 9.17) is 0 Å². The molecule has 0 radical (unpaired) electrons. The molecule has 1 aromatic carbocycles. The summed E-state index contributed by atoms with van der Waals surface area (Å²) in [5.41, 5.74) is 1.69. The first-order chi connectivity index (χ1) is 7.93. The third-order valence-corrected chi connectivity index (χ3v) is 3.57. The van der Waals surface area contributed by atoms with E-state index in [1.54, 1.807) is 0 Å². The number of hydrogen-bond donors (Lipinski definition) is 1. The Morgan fingerprint density at radius 3 is 2.24 bits per heavy atom. The molecule has 17 heavy (non-hydrogen) atoms. The third-order valence-electron chi connectivity index (χ3n) is 3.04. The van der Waals surface area contributed by atoms with Crippen molar-refractivity contribution in [2.45, 2.75) is 46.6 Å². The van der Waals surface area contributed by atoms with Crippen LogP contribution in [0.4, 0.5) is 0 Å². The van der Waals surface area contributed by atoms with Crippen molar-refractivity contribution in [3.05, 3.63) is 34.3 Å². The minimum Gasteiger partial charge on any atom is -0.313 e. The molecule has 0 saturated heterocycles. The molecule has 2 heteroatoms. The molecular formula is C15H24BrN. The van der Waals surface area contributed by atoms with Gasteiger partial charge >= 0.3 is 0 Å². The van der Waals surface area contributed by atoms with E-state index in [-0.39, 0.29) is 0 Å². The van der Waals surface area contributed by atoms with Crippen LogP contribution in [0.5, 0.6) is 0 Å². The van der Waals surface area contributed by atoms with Crippen molar-refractivity contribution in [3.8, 4) is 0 Å². The lowest BCUT2D eigenvalue weighted by atomic mass is 9.83. The van der Waals surface area contributed by atoms with Gasteiger partial charge in [-0.3, -0.25) is 0 Å². The molecule has 0 aliphatic rings. The summed E-state index contributed by atoms with van der Waals surface area (Å²) in [4.78, 5) is 0. The van der Waals surface area contributed by atoms with Crippen molar-refractivity contribution < 1.29 is 0 Å². The zero-order valence-corrected chi connectivity index (χ0v) is 13.0. The molecule has 0 heterocycles. The van der Waals surface area contributed by atoms with Crippen LogP contribution in [0.1, 0.15) is 39.7 Å². The summed E-state index contributed by atoms with van der Waals surface area (Å²) in [6.45, 7) is 10.2. The second-order valence-electron chi connectivity index (χ2n) is 5.70. The van der Waals surface area contributed by atoms with Crippen LogP contribution >= 0.6 is 15.9 Å². The maximum atomic E-state index is 3.66. The van der Waals surface area contributed by atoms with Gasteiger partial charge in [-0.05, 0) is 42.5 Å². The van der Waals surface area contributed by atoms with Gasteiger partial charge in [-0.25, -0.2) is 0 Å². The van der Waals surface area contributed by atoms with Crippen molar-refractivity contribution in [1.29, 1.82) is 0 Å². The van der Waals surface area contributed by atoms with E-state index in [0.717, 1.165) is 17.4 Å². The normalized spacial score (nSPS) is 13.7. The molecule has 0 saturated carbocycles. The Kier molecular flexibility index (Phi) is 5.68. The summed E-state index contributed by atoms with van der Waals surface area (Å²) in [6, 6.07) is 9.18. The maximum absolute atomic E-state index is 3.66. The molecule has 96 valence electrons. The summed E-state index contributed by atoms with van der Waals surface area (Å²) in [6.07, 6.45) is 2.28. The van der Waals surface area contributed by atoms with Gasteiger partial charge in [0.2, 0.25) is 0 Å². The van der Waals surface area contributed by atoms with Crippen LogP contribution in [0, 0.1) is 5.41 Å². The van der Waals surface area contributed by atoms with Gasteiger partial charge in [0.1, 0.15) is 0 Å². The number of hydrogen-bond acceptors (Lipinski definition) is 1. The minimum atomic E-state index is 0.294. The third kappa shape index (κ3) is 5.22. The zero-order valence-electron chi connectivity index (χ0n) is 11.4. The number of benzene rings is 1. The highest BCUT2D eigenvalue weighted by atomic mass is 79.9. The fraction of sp³-hybridized carbons (Fsp3) is 0.600. The second-order valence-corrected chi connectivity index (χ2v) is 6.62. The van der Waals surface area contributed by atoms with E-state index in [2.05, 4.69) is 73.2 Å². The molecule has 1 aromatic rings. The highest BCUT2D eigenvalue weighted by Crippen LogP contribution is 2.23. The van der Waals surface area contributed by atoms with Crippen molar-refractivity contribution in [3.63, 3.8) is 0 Å². The fourth-order valence-corrected chi connectivity index (χ4v) is 2.12. The van der Waals surface area contributed by atoms with E-state index in [0.29, 0.717) is 11.5 Å². The van der Waals surface area contributed by atoms with Crippen molar-refractivity contribution in [1.82, 2.24) is 5.32 Å². The van der Waals surface area contributed by atoms with E-state index in [1.165, 1.54) is 12.0 Å². The van der Waals surface area contributed by atoms with Crippen LogP contribution < -0.4 is 5.32 Å². The van der Waals surface area contributed by atoms with E-state index in [9.17, 15) is 0 Å². The zero-order chi connectivity index (χ0) is 12.9. The molecular weight excluding hydrogens is 274 g/mol. The van der Waals surface area contributed by atoms with Gasteiger partial charge in [-0.15, -0.1) is 0 Å². The number of rotatable bonds is 5. The lowest BCUT2D eigenvalue weighted by Gasteiger charge is -2.32. The Labute approximate surface area is 114 Å². The van der Waals surface area contributed by atoms with Gasteiger partial charge < -0.3 is 5.32 Å². The van der Waals surface area contributed by atoms with E-state index in [1.807, 2.05) is 0 Å². The monoisotopic (exact) mass is 297 g/mol. The molecule has 0 fully saturated rings. The van der Waals surface area contributed by atoms with Gasteiger partial charge in [-0.1, -0.05) is 55.8 Å². The Morgan fingerprint density at radius 2 is 1.76 bits per heavy atom. The summed E-state index contributed by atoms with van der Waals surface area (Å²) in [5, 5.41) is 3.66. The highest BCUT2D eigenvalue weighted by molar-refractivity contribution is 9.10. The molecule has 0 aromatic heterocycles. The van der Waals surface area contributed by atoms with E-state index < -0.39 is 0 Å². The molecule has 1 rings (SSSR count). The predicted octanol–water partition coefficient (Wildman–Crippen LogP) is 4.41. The summed E-state index contributed by atoms with van der Waals surface area (Å²) >= 11 is 3.48. The SMILES string of the molecule is CCCNC(Cc1ccc(Br)cc1)C(C)(C)C. The summed E-state index contributed by atoms with van der Waals surface area (Å²) in [5.74, 6) is 0. The van der Waals surface area contributed by atoms with Crippen LogP contribution in [-0.2, 0) is 6.42 Å². The average Bonchev–Trinajstić information content (AvgIpc) is 2.25. The van der Waals surface area contributed by atoms with Gasteiger partial charge in [0.15, 0.2) is 0 Å². The number of nitrogens with one attached hydrogen (secondary N) is 1. The average molecular weight is 298 g/mol. The van der Waals surface area contributed by atoms with Crippen LogP contribution in [0.3, 0.4) is 0 Å². The van der Waals surface area contributed by atoms with Gasteiger partial charge in [0.05, 0.1) is 0 Å². The summed E-state index contributed by atoms with van der Waals surface area (Å²) in [7, 11) is 0. The first-order valence-corrected chi connectivity index (χ1v) is 7.20. The molecule has 0 aliphatic heterocycles. The van der Waals surface area contributed by atoms with Gasteiger partial charge in [-0.2, -0.15) is 0 Å². The standard InChI is InChI=1S/C15H24BrN/c1-5-10-17-14(15(2,3)4)11-12-6-8-13(16)9-7-12/h6-9,14,17H,5,10-11H2,1-4H3. The first-order valence-electron chi connectivity index (χ1n) is 6.41. The van der Waals surface area contributed by atoms with Crippen molar-refractivity contribution in [2.24, 2.45) is 5.41 Å². The molecule has 1 unspecified atom stereocenters. The Morgan fingerprint density at radius 1 is 1.18 bits per heavy atom. The Bertz CT molecular complexity index is 324. The lowest BCUT2D eigenvalue weighted by molar-refractivity contribution is 0.267. The van der Waals surface area contributed by atoms with Gasteiger partial charge in [0, 0.05) is 10.5 Å². The predicted molar refractivity (Wildman–Crippen MR) is 79.4 cm³/mol. The molecule has 0 bridgehead atoms. The highest BCUT2D eigenvalue weighted by Gasteiger charge is 2.23. The Hall–Kier alpha value is -0.340. The van der Waals surface area contributed by atoms with Gasteiger partial charge in [0.25, 0.3) is 0 Å². The lowest BCUT2D eigenvalue weighted by Crippen LogP contribution is -2.42. The van der Waals surface area contributed by atoms with Crippen LogP contribution in [0.15, 0.2) is 28.7 Å².